The summed E-state index contributed by atoms with van der Waals surface area (Å²) in [5, 5.41) is 9.93. The number of nitrogens with zero attached hydrogens (tertiary/aromatic N) is 4. The third-order valence-electron chi connectivity index (χ3n) is 2.82. The van der Waals surface area contributed by atoms with E-state index in [4.69, 9.17) is 4.74 Å². The first-order chi connectivity index (χ1) is 10.8. The first kappa shape index (κ1) is 17.3. The quantitative estimate of drug-likeness (QED) is 0.591. The highest BCUT2D eigenvalue weighted by molar-refractivity contribution is 7.99. The smallest absolute Gasteiger partial charge is 0.408 e. The number of benzene rings is 1. The van der Waals surface area contributed by atoms with E-state index in [1.807, 2.05) is 6.92 Å². The van der Waals surface area contributed by atoms with Crippen LogP contribution in [0.1, 0.15) is 15.9 Å². The van der Waals surface area contributed by atoms with Crippen molar-refractivity contribution in [2.45, 2.75) is 24.8 Å². The van der Waals surface area contributed by atoms with Gasteiger partial charge in [-0.2, -0.15) is 13.2 Å². The molecule has 0 radical (unpaired) electrons. The van der Waals surface area contributed by atoms with Gasteiger partial charge in [0.15, 0.2) is 5.78 Å². The van der Waals surface area contributed by atoms with Crippen molar-refractivity contribution in [2.75, 3.05) is 12.9 Å². The highest BCUT2D eigenvalue weighted by Crippen LogP contribution is 2.25. The lowest BCUT2D eigenvalue weighted by Crippen LogP contribution is -2.19. The Bertz CT molecular complexity index is 703. The van der Waals surface area contributed by atoms with Crippen LogP contribution in [0.4, 0.5) is 13.2 Å². The van der Waals surface area contributed by atoms with Crippen LogP contribution in [-0.4, -0.2) is 45.0 Å². The monoisotopic (exact) mass is 346 g/mol. The fourth-order valence-electron chi connectivity index (χ4n) is 1.82. The Labute approximate surface area is 134 Å². The van der Waals surface area contributed by atoms with Crippen molar-refractivity contribution in [3.05, 3.63) is 29.3 Å². The van der Waals surface area contributed by atoms with E-state index in [0.717, 1.165) is 17.3 Å². The summed E-state index contributed by atoms with van der Waals surface area (Å²) in [6.45, 7) is 0.525. The molecule has 0 aliphatic heterocycles. The minimum absolute atomic E-state index is 0.0673. The Morgan fingerprint density at radius 3 is 2.78 bits per heavy atom. The van der Waals surface area contributed by atoms with Crippen molar-refractivity contribution in [3.8, 4) is 5.75 Å². The van der Waals surface area contributed by atoms with E-state index >= 15 is 0 Å². The lowest BCUT2D eigenvalue weighted by atomic mass is 10.1. The molecule has 1 aromatic heterocycles. The van der Waals surface area contributed by atoms with Crippen molar-refractivity contribution in [1.82, 2.24) is 20.2 Å². The number of carbonyl (C=O) groups excluding carboxylic acids is 1. The molecule has 0 bridgehead atoms. The van der Waals surface area contributed by atoms with Gasteiger partial charge in [0.05, 0.1) is 18.4 Å². The highest BCUT2D eigenvalue weighted by atomic mass is 32.2. The molecule has 0 amide bonds. The topological polar surface area (TPSA) is 69.9 Å². The Kier molecular flexibility index (Phi) is 5.24. The van der Waals surface area contributed by atoms with Crippen molar-refractivity contribution in [2.24, 2.45) is 0 Å². The third kappa shape index (κ3) is 4.68. The highest BCUT2D eigenvalue weighted by Gasteiger charge is 2.30. The Hall–Kier alpha value is -2.10. The number of aryl methyl sites for hydroxylation is 1. The molecule has 2 aromatic rings. The molecule has 124 valence electrons. The number of hydrogen-bond donors (Lipinski definition) is 0. The first-order valence-corrected chi connectivity index (χ1v) is 7.42. The van der Waals surface area contributed by atoms with E-state index in [1.165, 1.54) is 7.11 Å². The maximum Gasteiger partial charge on any atom is 0.408 e. The number of rotatable bonds is 6. The number of halogens is 3. The molecule has 0 N–H and O–H groups in total. The zero-order valence-corrected chi connectivity index (χ0v) is 13.1. The molecule has 0 saturated carbocycles. The predicted molar refractivity (Wildman–Crippen MR) is 76.7 cm³/mol. The number of tetrazole rings is 1. The summed E-state index contributed by atoms with van der Waals surface area (Å²) in [5.74, 6) is 0.0334. The number of Topliss-reactive ketones (excluding diaryl/α,β-unsaturated/α-hetero) is 1. The molecule has 0 aliphatic carbocycles. The van der Waals surface area contributed by atoms with Crippen LogP contribution in [0.2, 0.25) is 0 Å². The zero-order chi connectivity index (χ0) is 17.0. The normalized spacial score (nSPS) is 11.5. The zero-order valence-electron chi connectivity index (χ0n) is 12.3. The van der Waals surface area contributed by atoms with Gasteiger partial charge in [0.2, 0.25) is 5.16 Å². The molecule has 2 rings (SSSR count). The molecular formula is C13H13F3N4O2S. The fraction of sp³-hybridized carbons (Fsp3) is 0.385. The molecule has 0 spiro atoms. The van der Waals surface area contributed by atoms with Gasteiger partial charge in [0, 0.05) is 0 Å². The average Bonchev–Trinajstić information content (AvgIpc) is 2.89. The second-order valence-corrected chi connectivity index (χ2v) is 5.59. The predicted octanol–water partition coefficient (Wildman–Crippen LogP) is 2.53. The number of thioether (sulfide) groups is 1. The van der Waals surface area contributed by atoms with Crippen LogP contribution in [0, 0.1) is 6.92 Å². The van der Waals surface area contributed by atoms with Crippen molar-refractivity contribution in [1.29, 1.82) is 0 Å². The lowest BCUT2D eigenvalue weighted by Gasteiger charge is -2.09. The molecule has 10 heteroatoms. The summed E-state index contributed by atoms with van der Waals surface area (Å²) in [5.41, 5.74) is 1.25. The van der Waals surface area contributed by atoms with Gasteiger partial charge in [0.25, 0.3) is 0 Å². The maximum atomic E-state index is 12.4. The maximum absolute atomic E-state index is 12.4. The summed E-state index contributed by atoms with van der Waals surface area (Å²) >= 11 is 0.844. The van der Waals surface area contributed by atoms with Gasteiger partial charge >= 0.3 is 6.18 Å². The lowest BCUT2D eigenvalue weighted by molar-refractivity contribution is -0.144. The van der Waals surface area contributed by atoms with Gasteiger partial charge in [-0.3, -0.25) is 4.79 Å². The number of methoxy groups -OCH3 is 1. The molecule has 0 saturated heterocycles. The molecule has 0 fully saturated rings. The van der Waals surface area contributed by atoms with Gasteiger partial charge in [-0.25, -0.2) is 4.68 Å². The minimum atomic E-state index is -4.44. The largest absolute Gasteiger partial charge is 0.496 e. The Morgan fingerprint density at radius 2 is 2.13 bits per heavy atom. The fourth-order valence-corrected chi connectivity index (χ4v) is 2.58. The van der Waals surface area contributed by atoms with Crippen LogP contribution in [0.15, 0.2) is 23.4 Å². The van der Waals surface area contributed by atoms with E-state index in [-0.39, 0.29) is 16.7 Å². The number of ether oxygens (including phenoxy) is 1. The molecular weight excluding hydrogens is 333 g/mol. The standard InChI is InChI=1S/C13H13F3N4O2S/c1-8-3-4-11(22-2)9(5-8)10(21)6-23-12-17-18-19-20(12)7-13(14,15)16/h3-5H,6-7H2,1-2H3. The molecule has 0 unspecified atom stereocenters. The number of hydrogen-bond acceptors (Lipinski definition) is 6. The SMILES string of the molecule is COc1ccc(C)cc1C(=O)CSc1nnnn1CC(F)(F)F. The van der Waals surface area contributed by atoms with Crippen molar-refractivity contribution < 1.29 is 22.7 Å². The van der Waals surface area contributed by atoms with E-state index in [0.29, 0.717) is 16.0 Å². The summed E-state index contributed by atoms with van der Waals surface area (Å²) in [7, 11) is 1.44. The van der Waals surface area contributed by atoms with Crippen LogP contribution in [0.3, 0.4) is 0 Å². The third-order valence-corrected chi connectivity index (χ3v) is 3.77. The summed E-state index contributed by atoms with van der Waals surface area (Å²) < 4.78 is 42.9. The molecule has 0 aliphatic rings. The summed E-state index contributed by atoms with van der Waals surface area (Å²) in [6, 6.07) is 5.13. The number of alkyl halides is 3. The van der Waals surface area contributed by atoms with E-state index < -0.39 is 12.7 Å². The van der Waals surface area contributed by atoms with E-state index in [1.54, 1.807) is 18.2 Å². The van der Waals surface area contributed by atoms with Gasteiger partial charge in [-0.1, -0.05) is 23.4 Å². The average molecular weight is 346 g/mol. The van der Waals surface area contributed by atoms with Crippen LogP contribution in [0.25, 0.3) is 0 Å². The number of carbonyl (C=O) groups is 1. The van der Waals surface area contributed by atoms with Gasteiger partial charge in [-0.05, 0) is 29.5 Å². The van der Waals surface area contributed by atoms with E-state index in [2.05, 4.69) is 15.5 Å². The minimum Gasteiger partial charge on any atom is -0.496 e. The van der Waals surface area contributed by atoms with E-state index in [9.17, 15) is 18.0 Å². The van der Waals surface area contributed by atoms with Crippen LogP contribution in [0.5, 0.6) is 5.75 Å². The molecule has 6 nitrogen and oxygen atoms in total. The number of aromatic nitrogens is 4. The van der Waals surface area contributed by atoms with Crippen LogP contribution >= 0.6 is 11.8 Å². The Morgan fingerprint density at radius 1 is 1.39 bits per heavy atom. The van der Waals surface area contributed by atoms with Gasteiger partial charge < -0.3 is 4.74 Å². The molecule has 23 heavy (non-hydrogen) atoms. The number of ketones is 1. The molecule has 0 atom stereocenters. The van der Waals surface area contributed by atoms with Crippen molar-refractivity contribution in [3.63, 3.8) is 0 Å². The van der Waals surface area contributed by atoms with Gasteiger partial charge in [0.1, 0.15) is 12.3 Å². The summed E-state index contributed by atoms with van der Waals surface area (Å²) in [4.78, 5) is 12.3. The second-order valence-electron chi connectivity index (χ2n) is 4.65. The summed E-state index contributed by atoms with van der Waals surface area (Å²) in [6.07, 6.45) is -4.44. The first-order valence-electron chi connectivity index (χ1n) is 6.43. The van der Waals surface area contributed by atoms with Crippen LogP contribution < -0.4 is 4.74 Å². The van der Waals surface area contributed by atoms with Crippen molar-refractivity contribution >= 4 is 17.5 Å². The second kappa shape index (κ2) is 6.99. The molecule has 1 aromatic carbocycles. The Balaban J connectivity index is 2.09. The van der Waals surface area contributed by atoms with Gasteiger partial charge in [-0.15, -0.1) is 5.10 Å². The molecule has 1 heterocycles. The van der Waals surface area contributed by atoms with Crippen LogP contribution in [-0.2, 0) is 6.54 Å².